The number of benzene rings is 1. The van der Waals surface area contributed by atoms with Crippen molar-refractivity contribution in [2.24, 2.45) is 5.73 Å². The second-order valence-electron chi connectivity index (χ2n) is 3.52. The molecule has 90 valence electrons. The van der Waals surface area contributed by atoms with Gasteiger partial charge in [-0.25, -0.2) is 0 Å². The van der Waals surface area contributed by atoms with E-state index in [2.05, 4.69) is 10.1 Å². The number of hydrogen-bond acceptors (Lipinski definition) is 5. The number of aromatic nitrogens is 2. The Balaban J connectivity index is 2.48. The summed E-state index contributed by atoms with van der Waals surface area (Å²) in [5.74, 6) is 1.49. The lowest BCUT2D eigenvalue weighted by atomic mass is 10.1. The SMILES string of the molecule is COc1cc(C)c(-c2noc(CN)n2)cc1Cl. The smallest absolute Gasteiger partial charge is 0.240 e. The minimum Gasteiger partial charge on any atom is -0.495 e. The van der Waals surface area contributed by atoms with Gasteiger partial charge in [-0.05, 0) is 24.6 Å². The number of ether oxygens (including phenoxy) is 1. The van der Waals surface area contributed by atoms with Crippen molar-refractivity contribution in [3.63, 3.8) is 0 Å². The predicted octanol–water partition coefficient (Wildman–Crippen LogP) is 2.17. The van der Waals surface area contributed by atoms with E-state index in [0.29, 0.717) is 22.5 Å². The molecule has 2 aromatic rings. The summed E-state index contributed by atoms with van der Waals surface area (Å²) < 4.78 is 10.1. The van der Waals surface area contributed by atoms with Gasteiger partial charge in [0.15, 0.2) is 0 Å². The molecule has 6 heteroatoms. The highest BCUT2D eigenvalue weighted by Crippen LogP contribution is 2.32. The lowest BCUT2D eigenvalue weighted by molar-refractivity contribution is 0.380. The van der Waals surface area contributed by atoms with Crippen molar-refractivity contribution in [1.29, 1.82) is 0 Å². The zero-order valence-electron chi connectivity index (χ0n) is 9.53. The molecule has 5 nitrogen and oxygen atoms in total. The van der Waals surface area contributed by atoms with Crippen LogP contribution in [-0.4, -0.2) is 17.3 Å². The Bertz CT molecular complexity index is 540. The molecule has 1 heterocycles. The van der Waals surface area contributed by atoms with Crippen LogP contribution in [0.4, 0.5) is 0 Å². The van der Waals surface area contributed by atoms with Crippen molar-refractivity contribution in [3.05, 3.63) is 28.6 Å². The quantitative estimate of drug-likeness (QED) is 0.907. The topological polar surface area (TPSA) is 74.2 Å². The van der Waals surface area contributed by atoms with Crippen LogP contribution in [0.2, 0.25) is 5.02 Å². The first-order valence-corrected chi connectivity index (χ1v) is 5.40. The molecule has 0 aliphatic carbocycles. The molecule has 0 spiro atoms. The number of halogens is 1. The molecule has 0 radical (unpaired) electrons. The number of aryl methyl sites for hydroxylation is 1. The molecule has 0 unspecified atom stereocenters. The molecule has 1 aromatic carbocycles. The average molecular weight is 254 g/mol. The van der Waals surface area contributed by atoms with E-state index in [4.69, 9.17) is 26.6 Å². The first kappa shape index (κ1) is 11.9. The Morgan fingerprint density at radius 3 is 2.82 bits per heavy atom. The van der Waals surface area contributed by atoms with E-state index in [1.54, 1.807) is 13.2 Å². The summed E-state index contributed by atoms with van der Waals surface area (Å²) in [5.41, 5.74) is 7.17. The summed E-state index contributed by atoms with van der Waals surface area (Å²) in [6.45, 7) is 2.14. The summed E-state index contributed by atoms with van der Waals surface area (Å²) in [5, 5.41) is 4.36. The van der Waals surface area contributed by atoms with Crippen LogP contribution in [0.25, 0.3) is 11.4 Å². The van der Waals surface area contributed by atoms with Gasteiger partial charge in [0.2, 0.25) is 11.7 Å². The van der Waals surface area contributed by atoms with Crippen LogP contribution < -0.4 is 10.5 Å². The standard InChI is InChI=1S/C11H12ClN3O2/c1-6-3-9(16-2)8(12)4-7(6)11-14-10(5-13)17-15-11/h3-4H,5,13H2,1-2H3. The van der Waals surface area contributed by atoms with Gasteiger partial charge in [0.25, 0.3) is 0 Å². The van der Waals surface area contributed by atoms with Crippen LogP contribution >= 0.6 is 11.6 Å². The van der Waals surface area contributed by atoms with E-state index < -0.39 is 0 Å². The molecule has 0 atom stereocenters. The predicted molar refractivity (Wildman–Crippen MR) is 63.9 cm³/mol. The minimum absolute atomic E-state index is 0.218. The van der Waals surface area contributed by atoms with Gasteiger partial charge >= 0.3 is 0 Å². The molecular formula is C11H12ClN3O2. The lowest BCUT2D eigenvalue weighted by Crippen LogP contribution is -1.96. The largest absolute Gasteiger partial charge is 0.495 e. The number of nitrogens with two attached hydrogens (primary N) is 1. The average Bonchev–Trinajstić information content (AvgIpc) is 2.80. The molecule has 2 rings (SSSR count). The molecule has 0 aliphatic heterocycles. The maximum absolute atomic E-state index is 6.06. The molecule has 17 heavy (non-hydrogen) atoms. The van der Waals surface area contributed by atoms with Gasteiger partial charge in [-0.2, -0.15) is 4.98 Å². The van der Waals surface area contributed by atoms with Gasteiger partial charge in [0.1, 0.15) is 5.75 Å². The molecule has 0 saturated heterocycles. The van der Waals surface area contributed by atoms with Crippen LogP contribution in [0.3, 0.4) is 0 Å². The zero-order chi connectivity index (χ0) is 12.4. The van der Waals surface area contributed by atoms with Crippen LogP contribution in [-0.2, 0) is 6.54 Å². The van der Waals surface area contributed by atoms with Gasteiger partial charge in [-0.3, -0.25) is 0 Å². The van der Waals surface area contributed by atoms with Crippen LogP contribution in [0.5, 0.6) is 5.75 Å². The molecule has 0 saturated carbocycles. The van der Waals surface area contributed by atoms with Gasteiger partial charge in [-0.15, -0.1) is 0 Å². The van der Waals surface area contributed by atoms with Crippen molar-refractivity contribution in [2.45, 2.75) is 13.5 Å². The lowest BCUT2D eigenvalue weighted by Gasteiger charge is -2.07. The van der Waals surface area contributed by atoms with E-state index in [1.165, 1.54) is 0 Å². The second-order valence-corrected chi connectivity index (χ2v) is 3.92. The van der Waals surface area contributed by atoms with Gasteiger partial charge < -0.3 is 15.0 Å². The first-order chi connectivity index (χ1) is 8.15. The van der Waals surface area contributed by atoms with Crippen molar-refractivity contribution < 1.29 is 9.26 Å². The molecule has 0 aliphatic rings. The van der Waals surface area contributed by atoms with E-state index in [1.807, 2.05) is 13.0 Å². The fourth-order valence-electron chi connectivity index (χ4n) is 1.50. The van der Waals surface area contributed by atoms with Crippen molar-refractivity contribution in [1.82, 2.24) is 10.1 Å². The molecule has 2 N–H and O–H groups in total. The first-order valence-electron chi connectivity index (χ1n) is 5.03. The Labute approximate surface area is 104 Å². The fourth-order valence-corrected chi connectivity index (χ4v) is 1.74. The van der Waals surface area contributed by atoms with Crippen LogP contribution in [0, 0.1) is 6.92 Å². The van der Waals surface area contributed by atoms with E-state index in [9.17, 15) is 0 Å². The highest BCUT2D eigenvalue weighted by atomic mass is 35.5. The van der Waals surface area contributed by atoms with Crippen LogP contribution in [0.15, 0.2) is 16.7 Å². The summed E-state index contributed by atoms with van der Waals surface area (Å²) in [6, 6.07) is 3.58. The van der Waals surface area contributed by atoms with Gasteiger partial charge in [0.05, 0.1) is 18.7 Å². The van der Waals surface area contributed by atoms with E-state index >= 15 is 0 Å². The third kappa shape index (κ3) is 2.25. The van der Waals surface area contributed by atoms with Gasteiger partial charge in [-0.1, -0.05) is 16.8 Å². The molecular weight excluding hydrogens is 242 g/mol. The number of hydrogen-bond donors (Lipinski definition) is 1. The number of rotatable bonds is 3. The summed E-state index contributed by atoms with van der Waals surface area (Å²) in [7, 11) is 1.57. The molecule has 0 fully saturated rings. The fraction of sp³-hybridized carbons (Fsp3) is 0.273. The van der Waals surface area contributed by atoms with Crippen molar-refractivity contribution in [3.8, 4) is 17.1 Å². The Morgan fingerprint density at radius 2 is 2.24 bits per heavy atom. The monoisotopic (exact) mass is 253 g/mol. The minimum atomic E-state index is 0.218. The maximum atomic E-state index is 6.06. The zero-order valence-corrected chi connectivity index (χ0v) is 10.3. The Hall–Kier alpha value is -1.59. The summed E-state index contributed by atoms with van der Waals surface area (Å²) in [6.07, 6.45) is 0. The highest BCUT2D eigenvalue weighted by Gasteiger charge is 2.13. The number of methoxy groups -OCH3 is 1. The Kier molecular flexibility index (Phi) is 3.31. The summed E-state index contributed by atoms with van der Waals surface area (Å²) in [4.78, 5) is 4.15. The second kappa shape index (κ2) is 4.73. The van der Waals surface area contributed by atoms with Crippen LogP contribution in [0.1, 0.15) is 11.5 Å². The Morgan fingerprint density at radius 1 is 1.47 bits per heavy atom. The highest BCUT2D eigenvalue weighted by molar-refractivity contribution is 6.32. The third-order valence-corrected chi connectivity index (χ3v) is 2.68. The number of nitrogens with zero attached hydrogens (tertiary/aromatic N) is 2. The summed E-state index contributed by atoms with van der Waals surface area (Å²) >= 11 is 6.06. The van der Waals surface area contributed by atoms with E-state index in [0.717, 1.165) is 11.1 Å². The molecule has 0 amide bonds. The maximum Gasteiger partial charge on any atom is 0.240 e. The molecule has 0 bridgehead atoms. The normalized spacial score (nSPS) is 10.6. The van der Waals surface area contributed by atoms with Crippen molar-refractivity contribution in [2.75, 3.05) is 7.11 Å². The third-order valence-electron chi connectivity index (χ3n) is 2.38. The van der Waals surface area contributed by atoms with E-state index in [-0.39, 0.29) is 6.54 Å². The van der Waals surface area contributed by atoms with Crippen molar-refractivity contribution >= 4 is 11.6 Å². The molecule has 1 aromatic heterocycles. The van der Waals surface area contributed by atoms with Gasteiger partial charge in [0, 0.05) is 5.56 Å².